The molecule has 3 amide bonds. The number of hydrazine groups is 1. The highest BCUT2D eigenvalue weighted by atomic mass is 32.2. The standard InChI is InChI=1S/C14H14N2O5S/c1-2-22-14(21)15(8-7-11(17)18)16-12(19)9-5-3-4-6-10(9)13(16)20/h3-6H,2,7-8H2,1H3,(H,17,18). The first-order chi connectivity index (χ1) is 10.5. The van der Waals surface area contributed by atoms with Gasteiger partial charge in [-0.25, -0.2) is 5.01 Å². The van der Waals surface area contributed by atoms with Crippen molar-refractivity contribution in [2.45, 2.75) is 13.3 Å². The molecule has 1 heterocycles. The number of hydrogen-bond donors (Lipinski definition) is 1. The third kappa shape index (κ3) is 2.96. The number of thioether (sulfide) groups is 1. The normalized spacial score (nSPS) is 13.2. The minimum Gasteiger partial charge on any atom is -0.481 e. The van der Waals surface area contributed by atoms with E-state index in [1.807, 2.05) is 0 Å². The summed E-state index contributed by atoms with van der Waals surface area (Å²) in [6.45, 7) is 1.51. The van der Waals surface area contributed by atoms with Crippen molar-refractivity contribution >= 4 is 34.8 Å². The second kappa shape index (κ2) is 6.61. The minimum atomic E-state index is -1.11. The van der Waals surface area contributed by atoms with E-state index in [2.05, 4.69) is 0 Å². The Labute approximate surface area is 130 Å². The fraction of sp³-hybridized carbons (Fsp3) is 0.286. The number of imide groups is 1. The van der Waals surface area contributed by atoms with Gasteiger partial charge in [-0.2, -0.15) is 5.01 Å². The highest BCUT2D eigenvalue weighted by Gasteiger charge is 2.41. The Hall–Kier alpha value is -2.35. The third-order valence-electron chi connectivity index (χ3n) is 3.03. The molecule has 7 nitrogen and oxygen atoms in total. The fourth-order valence-corrected chi connectivity index (χ4v) is 2.64. The molecule has 1 aliphatic heterocycles. The van der Waals surface area contributed by atoms with E-state index in [1.54, 1.807) is 19.1 Å². The maximum absolute atomic E-state index is 12.4. The Kier molecular flexibility index (Phi) is 4.81. The van der Waals surface area contributed by atoms with E-state index < -0.39 is 23.0 Å². The molecule has 0 aromatic heterocycles. The van der Waals surface area contributed by atoms with Crippen LogP contribution in [0.3, 0.4) is 0 Å². The van der Waals surface area contributed by atoms with Crippen LogP contribution in [-0.2, 0) is 4.79 Å². The van der Waals surface area contributed by atoms with Crippen LogP contribution < -0.4 is 0 Å². The largest absolute Gasteiger partial charge is 0.481 e. The predicted octanol–water partition coefficient (Wildman–Crippen LogP) is 1.85. The first-order valence-corrected chi connectivity index (χ1v) is 7.59. The summed E-state index contributed by atoms with van der Waals surface area (Å²) in [7, 11) is 0. The first kappa shape index (κ1) is 16.0. The van der Waals surface area contributed by atoms with Crippen molar-refractivity contribution in [2.24, 2.45) is 0 Å². The highest BCUT2D eigenvalue weighted by molar-refractivity contribution is 8.13. The monoisotopic (exact) mass is 322 g/mol. The zero-order valence-corrected chi connectivity index (χ0v) is 12.6. The number of fused-ring (bicyclic) bond motifs is 1. The average molecular weight is 322 g/mol. The third-order valence-corrected chi connectivity index (χ3v) is 3.78. The summed E-state index contributed by atoms with van der Waals surface area (Å²) in [4.78, 5) is 47.6. The molecule has 0 saturated carbocycles. The topological polar surface area (TPSA) is 95.0 Å². The molecule has 0 spiro atoms. The van der Waals surface area contributed by atoms with Crippen LogP contribution >= 0.6 is 11.8 Å². The van der Waals surface area contributed by atoms with Crippen LogP contribution in [0.1, 0.15) is 34.1 Å². The number of carbonyl (C=O) groups is 4. The smallest absolute Gasteiger partial charge is 0.305 e. The summed E-state index contributed by atoms with van der Waals surface area (Å²) >= 11 is 0.909. The van der Waals surface area contributed by atoms with Crippen molar-refractivity contribution in [3.8, 4) is 0 Å². The van der Waals surface area contributed by atoms with Crippen molar-refractivity contribution in [3.63, 3.8) is 0 Å². The number of carboxylic acids is 1. The number of rotatable bonds is 5. The summed E-state index contributed by atoms with van der Waals surface area (Å²) in [5.74, 6) is -1.89. The van der Waals surface area contributed by atoms with Crippen molar-refractivity contribution in [3.05, 3.63) is 35.4 Å². The molecule has 1 aromatic carbocycles. The van der Waals surface area contributed by atoms with Gasteiger partial charge in [-0.15, -0.1) is 0 Å². The van der Waals surface area contributed by atoms with Gasteiger partial charge in [0.2, 0.25) is 0 Å². The Balaban J connectivity index is 2.32. The zero-order chi connectivity index (χ0) is 16.3. The molecule has 0 radical (unpaired) electrons. The highest BCUT2D eigenvalue weighted by Crippen LogP contribution is 2.26. The van der Waals surface area contributed by atoms with Crippen molar-refractivity contribution in [2.75, 3.05) is 12.3 Å². The second-order valence-corrected chi connectivity index (χ2v) is 5.65. The van der Waals surface area contributed by atoms with Crippen molar-refractivity contribution in [1.29, 1.82) is 0 Å². The lowest BCUT2D eigenvalue weighted by molar-refractivity contribution is -0.137. The Bertz CT molecular complexity index is 611. The van der Waals surface area contributed by atoms with Gasteiger partial charge in [0, 0.05) is 0 Å². The quantitative estimate of drug-likeness (QED) is 0.831. The van der Waals surface area contributed by atoms with Crippen LogP contribution in [0.2, 0.25) is 0 Å². The van der Waals surface area contributed by atoms with Gasteiger partial charge in [0.15, 0.2) is 0 Å². The summed E-state index contributed by atoms with van der Waals surface area (Å²) in [5, 5.41) is 9.90. The van der Waals surface area contributed by atoms with Gasteiger partial charge in [-0.1, -0.05) is 30.8 Å². The molecule has 0 aliphatic carbocycles. The maximum Gasteiger partial charge on any atom is 0.305 e. The number of amides is 3. The van der Waals surface area contributed by atoms with E-state index in [9.17, 15) is 19.2 Å². The van der Waals surface area contributed by atoms with Gasteiger partial charge in [0.1, 0.15) is 0 Å². The van der Waals surface area contributed by atoms with Crippen LogP contribution in [0.5, 0.6) is 0 Å². The van der Waals surface area contributed by atoms with Crippen LogP contribution in [0.25, 0.3) is 0 Å². The number of benzene rings is 1. The predicted molar refractivity (Wildman–Crippen MR) is 79.4 cm³/mol. The molecule has 1 aliphatic rings. The number of carbonyl (C=O) groups excluding carboxylic acids is 3. The fourth-order valence-electron chi connectivity index (χ4n) is 2.07. The van der Waals surface area contributed by atoms with E-state index in [1.165, 1.54) is 12.1 Å². The van der Waals surface area contributed by atoms with Crippen molar-refractivity contribution in [1.82, 2.24) is 10.0 Å². The molecule has 1 N–H and O–H groups in total. The van der Waals surface area contributed by atoms with E-state index in [0.29, 0.717) is 5.75 Å². The molecule has 0 atom stereocenters. The molecule has 22 heavy (non-hydrogen) atoms. The number of aliphatic carboxylic acids is 1. The van der Waals surface area contributed by atoms with E-state index in [-0.39, 0.29) is 24.1 Å². The average Bonchev–Trinajstić information content (AvgIpc) is 2.73. The van der Waals surface area contributed by atoms with Crippen LogP contribution in [0, 0.1) is 0 Å². The molecule has 116 valence electrons. The first-order valence-electron chi connectivity index (χ1n) is 6.61. The lowest BCUT2D eigenvalue weighted by Gasteiger charge is -2.28. The summed E-state index contributed by atoms with van der Waals surface area (Å²) in [5.41, 5.74) is 0.421. The number of carboxylic acid groups (broad SMARTS) is 1. The zero-order valence-electron chi connectivity index (χ0n) is 11.8. The molecule has 1 aromatic rings. The number of nitrogens with zero attached hydrogens (tertiary/aromatic N) is 2. The van der Waals surface area contributed by atoms with Crippen LogP contribution in [0.4, 0.5) is 4.79 Å². The van der Waals surface area contributed by atoms with E-state index in [4.69, 9.17) is 5.11 Å². The van der Waals surface area contributed by atoms with Gasteiger partial charge < -0.3 is 5.11 Å². The summed E-state index contributed by atoms with van der Waals surface area (Å²) < 4.78 is 0. The summed E-state index contributed by atoms with van der Waals surface area (Å²) in [6, 6.07) is 6.25. The molecular formula is C14H14N2O5S. The molecule has 0 fully saturated rings. The molecule has 2 rings (SSSR count). The van der Waals surface area contributed by atoms with Gasteiger partial charge in [-0.3, -0.25) is 19.2 Å². The van der Waals surface area contributed by atoms with E-state index in [0.717, 1.165) is 21.8 Å². The Morgan fingerprint density at radius 1 is 1.18 bits per heavy atom. The van der Waals surface area contributed by atoms with Gasteiger partial charge in [0.25, 0.3) is 11.8 Å². The molecule has 0 bridgehead atoms. The van der Waals surface area contributed by atoms with E-state index >= 15 is 0 Å². The van der Waals surface area contributed by atoms with Gasteiger partial charge >= 0.3 is 11.2 Å². The maximum atomic E-state index is 12.4. The van der Waals surface area contributed by atoms with Crippen LogP contribution in [-0.4, -0.2) is 50.4 Å². The molecular weight excluding hydrogens is 308 g/mol. The van der Waals surface area contributed by atoms with Gasteiger partial charge in [0.05, 0.1) is 24.1 Å². The minimum absolute atomic E-state index is 0.210. The summed E-state index contributed by atoms with van der Waals surface area (Å²) in [6.07, 6.45) is -0.358. The van der Waals surface area contributed by atoms with Gasteiger partial charge in [-0.05, 0) is 17.9 Å². The molecule has 0 unspecified atom stereocenters. The molecule has 0 saturated heterocycles. The number of hydrogen-bond acceptors (Lipinski definition) is 5. The molecule has 8 heteroatoms. The Morgan fingerprint density at radius 3 is 2.18 bits per heavy atom. The van der Waals surface area contributed by atoms with Crippen LogP contribution in [0.15, 0.2) is 24.3 Å². The SMILES string of the molecule is CCSC(=O)N(CCC(=O)O)N1C(=O)c2ccccc2C1=O. The van der Waals surface area contributed by atoms with Crippen molar-refractivity contribution < 1.29 is 24.3 Å². The lowest BCUT2D eigenvalue weighted by atomic mass is 10.1. The second-order valence-electron chi connectivity index (χ2n) is 4.43. The lowest BCUT2D eigenvalue weighted by Crippen LogP contribution is -2.49. The Morgan fingerprint density at radius 2 is 1.73 bits per heavy atom.